The summed E-state index contributed by atoms with van der Waals surface area (Å²) in [5, 5.41) is 0. The van der Waals surface area contributed by atoms with E-state index in [2.05, 4.69) is 9.97 Å². The summed E-state index contributed by atoms with van der Waals surface area (Å²) in [6, 6.07) is 14.4. The molecule has 1 heterocycles. The van der Waals surface area contributed by atoms with Crippen LogP contribution in [-0.4, -0.2) is 24.6 Å². The van der Waals surface area contributed by atoms with Crippen LogP contribution >= 0.6 is 0 Å². The molecule has 0 aliphatic rings. The van der Waals surface area contributed by atoms with E-state index in [9.17, 15) is 8.42 Å². The fourth-order valence-electron chi connectivity index (χ4n) is 2.14. The lowest BCUT2D eigenvalue weighted by molar-refractivity contribution is 0.306. The summed E-state index contributed by atoms with van der Waals surface area (Å²) in [6.07, 6.45) is 4.60. The van der Waals surface area contributed by atoms with Crippen LogP contribution in [0.5, 0.6) is 5.75 Å². The summed E-state index contributed by atoms with van der Waals surface area (Å²) < 4.78 is 28.5. The van der Waals surface area contributed by atoms with Crippen LogP contribution in [0, 0.1) is 0 Å². The molecule has 0 saturated heterocycles. The van der Waals surface area contributed by atoms with Gasteiger partial charge < -0.3 is 9.72 Å². The number of benzene rings is 2. The van der Waals surface area contributed by atoms with Crippen molar-refractivity contribution in [3.63, 3.8) is 0 Å². The minimum Gasteiger partial charge on any atom is -0.489 e. The Kier molecular flexibility index (Phi) is 6.36. The fourth-order valence-corrected chi connectivity index (χ4v) is 2.77. The number of H-pyrrole nitrogens is 1. The smallest absolute Gasteiger partial charge is 0.175 e. The number of hydrogen-bond donors (Lipinski definition) is 1. The van der Waals surface area contributed by atoms with Crippen LogP contribution in [0.4, 0.5) is 0 Å². The molecular weight excluding hydrogens is 336 g/mol. The maximum absolute atomic E-state index is 11.4. The standard InChI is InChI=1S/C17H16N2O3S.C2H6/c1-23(20,21)16-8-2-13(3-9-16)11-22-15-6-4-14(5-7-15)17-10-18-12-19-17;1-2/h2-10,12H,11H2,1H3,(H,18,19);1-2H3. The molecule has 132 valence electrons. The first-order chi connectivity index (χ1) is 12.0. The predicted octanol–water partition coefficient (Wildman–Crippen LogP) is 4.09. The molecule has 2 aromatic carbocycles. The Hall–Kier alpha value is -2.60. The summed E-state index contributed by atoms with van der Waals surface area (Å²) in [7, 11) is -3.16. The van der Waals surface area contributed by atoms with E-state index in [0.29, 0.717) is 11.5 Å². The molecule has 0 atom stereocenters. The molecule has 5 nitrogen and oxygen atoms in total. The van der Waals surface area contributed by atoms with Gasteiger partial charge in [-0.25, -0.2) is 13.4 Å². The summed E-state index contributed by atoms with van der Waals surface area (Å²) in [5.74, 6) is 0.750. The largest absolute Gasteiger partial charge is 0.489 e. The minimum atomic E-state index is -3.16. The zero-order valence-corrected chi connectivity index (χ0v) is 15.4. The molecule has 0 spiro atoms. The highest BCUT2D eigenvalue weighted by atomic mass is 32.2. The number of nitrogens with one attached hydrogen (secondary N) is 1. The first-order valence-corrected chi connectivity index (χ1v) is 9.92. The number of sulfone groups is 1. The van der Waals surface area contributed by atoms with Gasteiger partial charge in [0.2, 0.25) is 0 Å². The van der Waals surface area contributed by atoms with Crippen molar-refractivity contribution in [2.75, 3.05) is 6.26 Å². The van der Waals surface area contributed by atoms with Crippen LogP contribution in [0.2, 0.25) is 0 Å². The van der Waals surface area contributed by atoms with Gasteiger partial charge in [-0.05, 0) is 47.5 Å². The Balaban J connectivity index is 0.00000109. The van der Waals surface area contributed by atoms with Crippen molar-refractivity contribution in [2.24, 2.45) is 0 Å². The Morgan fingerprint density at radius 1 is 1.00 bits per heavy atom. The highest BCUT2D eigenvalue weighted by molar-refractivity contribution is 7.90. The van der Waals surface area contributed by atoms with Gasteiger partial charge in [-0.1, -0.05) is 26.0 Å². The summed E-state index contributed by atoms with van der Waals surface area (Å²) in [6.45, 7) is 4.38. The maximum Gasteiger partial charge on any atom is 0.175 e. The third-order valence-electron chi connectivity index (χ3n) is 3.42. The van der Waals surface area contributed by atoms with Crippen molar-refractivity contribution in [1.82, 2.24) is 9.97 Å². The molecule has 1 aromatic heterocycles. The van der Waals surface area contributed by atoms with Crippen LogP contribution in [0.3, 0.4) is 0 Å². The van der Waals surface area contributed by atoms with Gasteiger partial charge in [-0.2, -0.15) is 0 Å². The van der Waals surface area contributed by atoms with Gasteiger partial charge in [0.15, 0.2) is 9.84 Å². The summed E-state index contributed by atoms with van der Waals surface area (Å²) in [4.78, 5) is 7.35. The Morgan fingerprint density at radius 3 is 2.16 bits per heavy atom. The molecule has 0 aliphatic carbocycles. The lowest BCUT2D eigenvalue weighted by Gasteiger charge is -2.07. The first kappa shape index (κ1) is 18.7. The van der Waals surface area contributed by atoms with Crippen LogP contribution in [0.15, 0.2) is 66.0 Å². The number of aromatic amines is 1. The van der Waals surface area contributed by atoms with Crippen molar-refractivity contribution in [2.45, 2.75) is 25.3 Å². The number of imidazole rings is 1. The van der Waals surface area contributed by atoms with Crippen molar-refractivity contribution in [3.8, 4) is 17.0 Å². The zero-order chi connectivity index (χ0) is 18.3. The average molecular weight is 358 g/mol. The predicted molar refractivity (Wildman–Crippen MR) is 99.3 cm³/mol. The van der Waals surface area contributed by atoms with Gasteiger partial charge >= 0.3 is 0 Å². The molecule has 0 bridgehead atoms. The molecule has 0 fully saturated rings. The molecule has 0 amide bonds. The molecule has 3 aromatic rings. The van der Waals surface area contributed by atoms with E-state index in [1.54, 1.807) is 36.8 Å². The van der Waals surface area contributed by atoms with Gasteiger partial charge in [-0.15, -0.1) is 0 Å². The van der Waals surface area contributed by atoms with Gasteiger partial charge in [0.05, 0.1) is 23.1 Å². The lowest BCUT2D eigenvalue weighted by Crippen LogP contribution is -1.99. The minimum absolute atomic E-state index is 0.310. The van der Waals surface area contributed by atoms with Crippen LogP contribution in [0.1, 0.15) is 19.4 Å². The molecule has 0 unspecified atom stereocenters. The van der Waals surface area contributed by atoms with Crippen molar-refractivity contribution in [3.05, 3.63) is 66.6 Å². The molecule has 25 heavy (non-hydrogen) atoms. The first-order valence-electron chi connectivity index (χ1n) is 8.03. The van der Waals surface area contributed by atoms with E-state index < -0.39 is 9.84 Å². The Morgan fingerprint density at radius 2 is 1.64 bits per heavy atom. The average Bonchev–Trinajstić information content (AvgIpc) is 3.16. The monoisotopic (exact) mass is 358 g/mol. The second kappa shape index (κ2) is 8.48. The molecular formula is C19H22N2O3S. The van der Waals surface area contributed by atoms with E-state index in [1.807, 2.05) is 38.1 Å². The SMILES string of the molecule is CC.CS(=O)(=O)c1ccc(COc2ccc(-c3cnc[nH]3)cc2)cc1. The highest BCUT2D eigenvalue weighted by Gasteiger charge is 2.06. The molecule has 3 rings (SSSR count). The second-order valence-electron chi connectivity index (χ2n) is 5.19. The van der Waals surface area contributed by atoms with Crippen LogP contribution in [-0.2, 0) is 16.4 Å². The van der Waals surface area contributed by atoms with Crippen molar-refractivity contribution in [1.29, 1.82) is 0 Å². The van der Waals surface area contributed by atoms with Gasteiger partial charge in [0, 0.05) is 6.26 Å². The number of hydrogen-bond acceptors (Lipinski definition) is 4. The maximum atomic E-state index is 11.4. The molecule has 1 N–H and O–H groups in total. The van der Waals surface area contributed by atoms with E-state index in [1.165, 1.54) is 6.26 Å². The topological polar surface area (TPSA) is 72.1 Å². The molecule has 0 saturated carbocycles. The molecule has 6 heteroatoms. The normalized spacial score (nSPS) is 10.7. The number of nitrogens with zero attached hydrogens (tertiary/aromatic N) is 1. The van der Waals surface area contributed by atoms with Crippen LogP contribution < -0.4 is 4.74 Å². The third kappa shape index (κ3) is 5.19. The number of ether oxygens (including phenoxy) is 1. The Labute approximate surface area is 148 Å². The summed E-state index contributed by atoms with van der Waals surface area (Å²) in [5.41, 5.74) is 2.90. The van der Waals surface area contributed by atoms with E-state index in [0.717, 1.165) is 22.6 Å². The van der Waals surface area contributed by atoms with Gasteiger partial charge in [0.1, 0.15) is 12.4 Å². The van der Waals surface area contributed by atoms with Crippen molar-refractivity contribution >= 4 is 9.84 Å². The lowest BCUT2D eigenvalue weighted by atomic mass is 10.1. The van der Waals surface area contributed by atoms with Crippen molar-refractivity contribution < 1.29 is 13.2 Å². The van der Waals surface area contributed by atoms with E-state index in [-0.39, 0.29) is 0 Å². The van der Waals surface area contributed by atoms with E-state index >= 15 is 0 Å². The van der Waals surface area contributed by atoms with Gasteiger partial charge in [-0.3, -0.25) is 0 Å². The number of aromatic nitrogens is 2. The quantitative estimate of drug-likeness (QED) is 0.746. The highest BCUT2D eigenvalue weighted by Crippen LogP contribution is 2.21. The number of rotatable bonds is 5. The fraction of sp³-hybridized carbons (Fsp3) is 0.211. The molecule has 0 aliphatic heterocycles. The van der Waals surface area contributed by atoms with Crippen LogP contribution in [0.25, 0.3) is 11.3 Å². The zero-order valence-electron chi connectivity index (χ0n) is 14.6. The third-order valence-corrected chi connectivity index (χ3v) is 4.55. The van der Waals surface area contributed by atoms with E-state index in [4.69, 9.17) is 4.74 Å². The molecule has 0 radical (unpaired) electrons. The Bertz CT molecular complexity index is 869. The summed E-state index contributed by atoms with van der Waals surface area (Å²) >= 11 is 0. The second-order valence-corrected chi connectivity index (χ2v) is 7.21. The van der Waals surface area contributed by atoms with Gasteiger partial charge in [0.25, 0.3) is 0 Å².